The molecule has 1 heterocycles. The van der Waals surface area contributed by atoms with E-state index in [1.54, 1.807) is 5.57 Å². The Bertz CT molecular complexity index is 434. The van der Waals surface area contributed by atoms with E-state index in [-0.39, 0.29) is 5.41 Å². The Labute approximate surface area is 109 Å². The molecule has 1 aliphatic heterocycles. The largest absolute Gasteiger partial charge is 0.387 e. The third-order valence-corrected chi connectivity index (χ3v) is 6.00. The summed E-state index contributed by atoms with van der Waals surface area (Å²) in [4.78, 5) is 0. The number of hydrogen-bond acceptors (Lipinski definition) is 2. The second-order valence-electron chi connectivity index (χ2n) is 6.63. The summed E-state index contributed by atoms with van der Waals surface area (Å²) in [5.41, 5.74) is 2.80. The molecule has 0 amide bonds. The van der Waals surface area contributed by atoms with Crippen molar-refractivity contribution in [2.45, 2.75) is 63.0 Å². The number of allylic oxidation sites excluding steroid dienone is 2. The normalized spacial score (nSPS) is 46.6. The lowest BCUT2D eigenvalue weighted by molar-refractivity contribution is -0.145. The first-order chi connectivity index (χ1) is 8.76. The molecule has 4 aliphatic rings. The minimum atomic E-state index is -0.468. The second kappa shape index (κ2) is 3.71. The molecule has 3 atom stereocenters. The van der Waals surface area contributed by atoms with Gasteiger partial charge in [0.1, 0.15) is 0 Å². The highest BCUT2D eigenvalue weighted by Crippen LogP contribution is 2.60. The van der Waals surface area contributed by atoms with Gasteiger partial charge in [-0.25, -0.2) is 0 Å². The van der Waals surface area contributed by atoms with Gasteiger partial charge in [-0.1, -0.05) is 30.6 Å². The Kier molecular flexibility index (Phi) is 2.31. The van der Waals surface area contributed by atoms with Gasteiger partial charge in [0.25, 0.3) is 0 Å². The van der Waals surface area contributed by atoms with Crippen LogP contribution in [0.4, 0.5) is 0 Å². The van der Waals surface area contributed by atoms with Crippen LogP contribution < -0.4 is 5.32 Å². The average molecular weight is 245 g/mol. The number of aliphatic hydroxyl groups is 1. The maximum absolute atomic E-state index is 11.4. The SMILES string of the molecule is O[C@@]12CCCC[C@@]13CCN[C@@H]2CC1=C3C=CCC1. The highest BCUT2D eigenvalue weighted by atomic mass is 16.3. The van der Waals surface area contributed by atoms with Crippen LogP contribution in [0.3, 0.4) is 0 Å². The maximum atomic E-state index is 11.4. The fraction of sp³-hybridized carbons (Fsp3) is 0.750. The monoisotopic (exact) mass is 245 g/mol. The van der Waals surface area contributed by atoms with E-state index in [1.165, 1.54) is 37.7 Å². The molecule has 0 aromatic rings. The number of rotatable bonds is 0. The first kappa shape index (κ1) is 11.2. The predicted octanol–water partition coefficient (Wildman–Crippen LogP) is 2.69. The van der Waals surface area contributed by atoms with E-state index in [9.17, 15) is 5.11 Å². The molecule has 1 saturated heterocycles. The van der Waals surface area contributed by atoms with Crippen LogP contribution in [0.5, 0.6) is 0 Å². The lowest BCUT2D eigenvalue weighted by Gasteiger charge is -2.62. The van der Waals surface area contributed by atoms with E-state index < -0.39 is 5.60 Å². The molecular formula is C16H23NO. The molecule has 2 fully saturated rings. The molecule has 2 N–H and O–H groups in total. The quantitative estimate of drug-likeness (QED) is 0.688. The van der Waals surface area contributed by atoms with Crippen molar-refractivity contribution in [3.05, 3.63) is 23.3 Å². The average Bonchev–Trinajstić information content (AvgIpc) is 2.38. The van der Waals surface area contributed by atoms with Crippen LogP contribution in [0.1, 0.15) is 51.4 Å². The first-order valence-electron chi connectivity index (χ1n) is 7.61. The molecule has 3 aliphatic carbocycles. The Balaban J connectivity index is 1.91. The minimum Gasteiger partial charge on any atom is -0.387 e. The Morgan fingerprint density at radius 1 is 1.22 bits per heavy atom. The van der Waals surface area contributed by atoms with Crippen molar-refractivity contribution in [3.8, 4) is 0 Å². The van der Waals surface area contributed by atoms with Crippen LogP contribution in [-0.2, 0) is 0 Å². The fourth-order valence-electron chi connectivity index (χ4n) is 5.17. The Morgan fingerprint density at radius 2 is 2.11 bits per heavy atom. The van der Waals surface area contributed by atoms with Gasteiger partial charge in [-0.15, -0.1) is 0 Å². The van der Waals surface area contributed by atoms with Gasteiger partial charge in [0, 0.05) is 11.5 Å². The third kappa shape index (κ3) is 1.21. The van der Waals surface area contributed by atoms with Crippen molar-refractivity contribution in [1.29, 1.82) is 0 Å². The summed E-state index contributed by atoms with van der Waals surface area (Å²) < 4.78 is 0. The summed E-state index contributed by atoms with van der Waals surface area (Å²) in [6, 6.07) is 0.316. The smallest absolute Gasteiger partial charge is 0.0899 e. The van der Waals surface area contributed by atoms with Crippen molar-refractivity contribution in [1.82, 2.24) is 5.32 Å². The van der Waals surface area contributed by atoms with Gasteiger partial charge < -0.3 is 10.4 Å². The summed E-state index contributed by atoms with van der Waals surface area (Å²) in [5.74, 6) is 0. The highest BCUT2D eigenvalue weighted by Gasteiger charge is 2.61. The number of nitrogens with one attached hydrogen (secondary N) is 1. The van der Waals surface area contributed by atoms with Gasteiger partial charge in [0.2, 0.25) is 0 Å². The summed E-state index contributed by atoms with van der Waals surface area (Å²) >= 11 is 0. The lowest BCUT2D eigenvalue weighted by atomic mass is 9.49. The van der Waals surface area contributed by atoms with E-state index in [4.69, 9.17) is 0 Å². The van der Waals surface area contributed by atoms with E-state index in [1.807, 2.05) is 0 Å². The molecule has 0 unspecified atom stereocenters. The van der Waals surface area contributed by atoms with Crippen LogP contribution in [0.15, 0.2) is 23.3 Å². The van der Waals surface area contributed by atoms with Crippen molar-refractivity contribution in [2.75, 3.05) is 6.54 Å². The van der Waals surface area contributed by atoms with Gasteiger partial charge >= 0.3 is 0 Å². The molecule has 1 saturated carbocycles. The fourth-order valence-corrected chi connectivity index (χ4v) is 5.17. The Hall–Kier alpha value is -0.600. The van der Waals surface area contributed by atoms with Crippen LogP contribution in [0.2, 0.25) is 0 Å². The highest BCUT2D eigenvalue weighted by molar-refractivity contribution is 5.44. The summed E-state index contributed by atoms with van der Waals surface area (Å²) in [7, 11) is 0. The molecule has 2 heteroatoms. The molecule has 0 aromatic heterocycles. The van der Waals surface area contributed by atoms with Crippen molar-refractivity contribution < 1.29 is 5.11 Å². The standard InChI is InChI=1S/C16H23NO/c18-16-8-4-3-7-15(16)9-10-17-14(16)11-12-5-1-2-6-13(12)15/h2,6,14,17-18H,1,3-5,7-11H2/t14-,15+,16-/m1/s1. The molecule has 18 heavy (non-hydrogen) atoms. The third-order valence-electron chi connectivity index (χ3n) is 6.00. The molecule has 2 bridgehead atoms. The molecule has 0 spiro atoms. The van der Waals surface area contributed by atoms with E-state index in [2.05, 4.69) is 17.5 Å². The number of piperidine rings is 1. The van der Waals surface area contributed by atoms with Gasteiger partial charge in [0.05, 0.1) is 5.60 Å². The minimum absolute atomic E-state index is 0.0890. The summed E-state index contributed by atoms with van der Waals surface area (Å²) in [6.45, 7) is 1.08. The van der Waals surface area contributed by atoms with Gasteiger partial charge in [-0.2, -0.15) is 0 Å². The van der Waals surface area contributed by atoms with E-state index in [0.29, 0.717) is 6.04 Å². The zero-order valence-electron chi connectivity index (χ0n) is 11.0. The van der Waals surface area contributed by atoms with Crippen molar-refractivity contribution >= 4 is 0 Å². The van der Waals surface area contributed by atoms with Crippen LogP contribution >= 0.6 is 0 Å². The lowest BCUT2D eigenvalue weighted by Crippen LogP contribution is -2.69. The predicted molar refractivity (Wildman–Crippen MR) is 72.3 cm³/mol. The molecular weight excluding hydrogens is 222 g/mol. The van der Waals surface area contributed by atoms with Crippen LogP contribution in [0.25, 0.3) is 0 Å². The second-order valence-corrected chi connectivity index (χ2v) is 6.63. The molecule has 2 nitrogen and oxygen atoms in total. The van der Waals surface area contributed by atoms with Gasteiger partial charge in [-0.3, -0.25) is 0 Å². The molecule has 0 radical (unpaired) electrons. The topological polar surface area (TPSA) is 32.3 Å². The zero-order chi connectivity index (χ0) is 12.2. The zero-order valence-corrected chi connectivity index (χ0v) is 11.0. The van der Waals surface area contributed by atoms with E-state index >= 15 is 0 Å². The molecule has 98 valence electrons. The molecule has 4 rings (SSSR count). The Morgan fingerprint density at radius 3 is 3.06 bits per heavy atom. The van der Waals surface area contributed by atoms with Crippen molar-refractivity contribution in [3.63, 3.8) is 0 Å². The van der Waals surface area contributed by atoms with Crippen molar-refractivity contribution in [2.24, 2.45) is 5.41 Å². The van der Waals surface area contributed by atoms with Gasteiger partial charge in [-0.05, 0) is 50.6 Å². The van der Waals surface area contributed by atoms with E-state index in [0.717, 1.165) is 25.8 Å². The molecule has 0 aromatic carbocycles. The van der Waals surface area contributed by atoms with Gasteiger partial charge in [0.15, 0.2) is 0 Å². The van der Waals surface area contributed by atoms with Crippen LogP contribution in [-0.4, -0.2) is 23.3 Å². The van der Waals surface area contributed by atoms with Crippen LogP contribution in [0, 0.1) is 5.41 Å². The summed E-state index contributed by atoms with van der Waals surface area (Å²) in [5, 5.41) is 15.0. The first-order valence-corrected chi connectivity index (χ1v) is 7.61. The summed E-state index contributed by atoms with van der Waals surface area (Å²) in [6.07, 6.45) is 14.0. The maximum Gasteiger partial charge on any atom is 0.0899 e. The number of hydrogen-bond donors (Lipinski definition) is 2.